The first-order valence-electron chi connectivity index (χ1n) is 7.91. The molecular formula is C17H20FN3O2S. The fourth-order valence-corrected chi connectivity index (χ4v) is 3.58. The molecule has 5 nitrogen and oxygen atoms in total. The molecule has 0 spiro atoms. The first-order valence-corrected chi connectivity index (χ1v) is 8.85. The van der Waals surface area contributed by atoms with Gasteiger partial charge in [-0.15, -0.1) is 0 Å². The maximum absolute atomic E-state index is 13.0. The second kappa shape index (κ2) is 7.27. The second-order valence-corrected chi connectivity index (χ2v) is 6.95. The van der Waals surface area contributed by atoms with Gasteiger partial charge in [-0.1, -0.05) is 0 Å². The zero-order valence-electron chi connectivity index (χ0n) is 13.2. The Labute approximate surface area is 144 Å². The highest BCUT2D eigenvalue weighted by Gasteiger charge is 2.34. The van der Waals surface area contributed by atoms with Crippen molar-refractivity contribution < 1.29 is 14.3 Å². The van der Waals surface area contributed by atoms with Crippen LogP contribution in [0.5, 0.6) is 0 Å². The Hall–Kier alpha value is -1.99. The highest BCUT2D eigenvalue weighted by Crippen LogP contribution is 2.24. The van der Waals surface area contributed by atoms with Gasteiger partial charge in [0.1, 0.15) is 11.6 Å². The zero-order valence-corrected chi connectivity index (χ0v) is 14.1. The molecule has 1 fully saturated rings. The molecular weight excluding hydrogens is 329 g/mol. The van der Waals surface area contributed by atoms with E-state index in [0.29, 0.717) is 25.2 Å². The number of carbonyl (C=O) groups excluding carboxylic acids is 1. The summed E-state index contributed by atoms with van der Waals surface area (Å²) in [5.41, 5.74) is -0.0243. The topological polar surface area (TPSA) is 65.5 Å². The summed E-state index contributed by atoms with van der Waals surface area (Å²) in [6, 6.07) is 4.89. The summed E-state index contributed by atoms with van der Waals surface area (Å²) in [7, 11) is 0. The third-order valence-electron chi connectivity index (χ3n) is 4.15. The average molecular weight is 349 g/mol. The molecule has 0 aliphatic carbocycles. The number of aromatic nitrogens is 1. The number of hydrogen-bond donors (Lipinski definition) is 2. The van der Waals surface area contributed by atoms with Crippen LogP contribution in [-0.2, 0) is 11.2 Å². The van der Waals surface area contributed by atoms with Gasteiger partial charge >= 0.3 is 0 Å². The number of nitrogens with zero attached hydrogens (tertiary/aromatic N) is 2. The smallest absolute Gasteiger partial charge is 0.224 e. The quantitative estimate of drug-likeness (QED) is 0.866. The van der Waals surface area contributed by atoms with E-state index in [1.165, 1.54) is 12.3 Å². The number of nitrogens with one attached hydrogen (secondary N) is 1. The van der Waals surface area contributed by atoms with Crippen molar-refractivity contribution in [1.82, 2.24) is 10.3 Å². The van der Waals surface area contributed by atoms with E-state index in [1.807, 2.05) is 21.7 Å². The molecule has 0 aromatic carbocycles. The largest absolute Gasteiger partial charge is 0.386 e. The molecule has 7 heteroatoms. The van der Waals surface area contributed by atoms with Crippen molar-refractivity contribution >= 4 is 23.1 Å². The number of pyridine rings is 1. The van der Waals surface area contributed by atoms with Crippen molar-refractivity contribution in [3.63, 3.8) is 0 Å². The molecule has 2 aromatic heterocycles. The van der Waals surface area contributed by atoms with E-state index in [9.17, 15) is 14.3 Å². The van der Waals surface area contributed by atoms with Gasteiger partial charge in [-0.3, -0.25) is 4.79 Å². The molecule has 2 N–H and O–H groups in total. The number of amides is 1. The first-order chi connectivity index (χ1) is 11.5. The lowest BCUT2D eigenvalue weighted by Crippen LogP contribution is -2.54. The van der Waals surface area contributed by atoms with Gasteiger partial charge in [-0.05, 0) is 47.4 Å². The summed E-state index contributed by atoms with van der Waals surface area (Å²) in [6.07, 6.45) is 2.90. The summed E-state index contributed by atoms with van der Waals surface area (Å²) < 4.78 is 13.0. The SMILES string of the molecule is O=C(Cc1ccsc1)NC[C@]1(O)CCCN(c2ccc(F)cn2)C1. The number of aliphatic hydroxyl groups is 1. The number of thiophene rings is 1. The Morgan fingerprint density at radius 2 is 2.33 bits per heavy atom. The molecule has 0 radical (unpaired) electrons. The Balaban J connectivity index is 1.56. The molecule has 1 saturated heterocycles. The third kappa shape index (κ3) is 4.30. The molecule has 2 aromatic rings. The van der Waals surface area contributed by atoms with Crippen LogP contribution in [0.4, 0.5) is 10.2 Å². The normalized spacial score (nSPS) is 20.8. The number of rotatable bonds is 5. The van der Waals surface area contributed by atoms with Crippen LogP contribution in [0.2, 0.25) is 0 Å². The van der Waals surface area contributed by atoms with Gasteiger partial charge in [0.25, 0.3) is 0 Å². The van der Waals surface area contributed by atoms with Crippen molar-refractivity contribution in [3.8, 4) is 0 Å². The predicted octanol–water partition coefficient (Wildman–Crippen LogP) is 1.97. The van der Waals surface area contributed by atoms with E-state index < -0.39 is 5.60 Å². The maximum atomic E-state index is 13.0. The number of piperidine rings is 1. The van der Waals surface area contributed by atoms with Gasteiger partial charge in [-0.2, -0.15) is 11.3 Å². The number of anilines is 1. The standard InChI is InChI=1S/C17H20FN3O2S/c18-14-2-3-15(19-9-14)21-6-1-5-17(23,12-21)11-20-16(22)8-13-4-7-24-10-13/h2-4,7,9-10,23H,1,5-6,8,11-12H2,(H,20,22)/t17-/m1/s1. The highest BCUT2D eigenvalue weighted by atomic mass is 32.1. The van der Waals surface area contributed by atoms with Crippen LogP contribution in [0.1, 0.15) is 18.4 Å². The fourth-order valence-electron chi connectivity index (χ4n) is 2.91. The minimum Gasteiger partial charge on any atom is -0.386 e. The minimum absolute atomic E-state index is 0.0983. The Kier molecular flexibility index (Phi) is 5.11. The zero-order chi connectivity index (χ0) is 17.0. The number of hydrogen-bond acceptors (Lipinski definition) is 5. The van der Waals surface area contributed by atoms with Crippen molar-refractivity contribution in [3.05, 3.63) is 46.5 Å². The Morgan fingerprint density at radius 3 is 3.04 bits per heavy atom. The Morgan fingerprint density at radius 1 is 1.46 bits per heavy atom. The van der Waals surface area contributed by atoms with Gasteiger partial charge in [0, 0.05) is 19.6 Å². The molecule has 1 amide bonds. The van der Waals surface area contributed by atoms with E-state index in [4.69, 9.17) is 0 Å². The first kappa shape index (κ1) is 16.9. The van der Waals surface area contributed by atoms with E-state index in [1.54, 1.807) is 17.4 Å². The molecule has 24 heavy (non-hydrogen) atoms. The van der Waals surface area contributed by atoms with Crippen LogP contribution in [0, 0.1) is 5.82 Å². The van der Waals surface area contributed by atoms with Crippen molar-refractivity contribution in [2.24, 2.45) is 0 Å². The fraction of sp³-hybridized carbons (Fsp3) is 0.412. The van der Waals surface area contributed by atoms with Crippen LogP contribution in [0.3, 0.4) is 0 Å². The highest BCUT2D eigenvalue weighted by molar-refractivity contribution is 7.07. The lowest BCUT2D eigenvalue weighted by atomic mass is 9.92. The van der Waals surface area contributed by atoms with Crippen molar-refractivity contribution in [2.75, 3.05) is 24.5 Å². The number of carbonyl (C=O) groups is 1. The lowest BCUT2D eigenvalue weighted by molar-refractivity contribution is -0.121. The monoisotopic (exact) mass is 349 g/mol. The van der Waals surface area contributed by atoms with Gasteiger partial charge in [-0.25, -0.2) is 9.37 Å². The van der Waals surface area contributed by atoms with E-state index in [2.05, 4.69) is 10.3 Å². The Bertz CT molecular complexity index is 678. The van der Waals surface area contributed by atoms with Crippen LogP contribution >= 0.6 is 11.3 Å². The maximum Gasteiger partial charge on any atom is 0.224 e. The molecule has 1 atom stereocenters. The number of halogens is 1. The molecule has 1 aliphatic heterocycles. The molecule has 3 rings (SSSR count). The molecule has 1 aliphatic rings. The van der Waals surface area contributed by atoms with Gasteiger partial charge in [0.15, 0.2) is 0 Å². The second-order valence-electron chi connectivity index (χ2n) is 6.17. The van der Waals surface area contributed by atoms with E-state index in [-0.39, 0.29) is 18.3 Å². The number of β-amino-alcohol motifs (C(OH)–C–C–N with tert-alkyl or cyclic N) is 1. The van der Waals surface area contributed by atoms with Crippen LogP contribution in [0.25, 0.3) is 0 Å². The third-order valence-corrected chi connectivity index (χ3v) is 4.88. The summed E-state index contributed by atoms with van der Waals surface area (Å²) >= 11 is 1.56. The van der Waals surface area contributed by atoms with Gasteiger partial charge in [0.2, 0.25) is 5.91 Å². The average Bonchev–Trinajstić information content (AvgIpc) is 3.07. The molecule has 3 heterocycles. The van der Waals surface area contributed by atoms with E-state index >= 15 is 0 Å². The van der Waals surface area contributed by atoms with Crippen molar-refractivity contribution in [1.29, 1.82) is 0 Å². The summed E-state index contributed by atoms with van der Waals surface area (Å²) in [6.45, 7) is 1.32. The lowest BCUT2D eigenvalue weighted by Gasteiger charge is -2.39. The summed E-state index contributed by atoms with van der Waals surface area (Å²) in [4.78, 5) is 18.0. The van der Waals surface area contributed by atoms with Crippen molar-refractivity contribution in [2.45, 2.75) is 24.9 Å². The van der Waals surface area contributed by atoms with Gasteiger partial charge in [0.05, 0.1) is 18.2 Å². The summed E-state index contributed by atoms with van der Waals surface area (Å²) in [5, 5.41) is 17.5. The van der Waals surface area contributed by atoms with Crippen LogP contribution in [0.15, 0.2) is 35.2 Å². The molecule has 0 saturated carbocycles. The molecule has 128 valence electrons. The van der Waals surface area contributed by atoms with Crippen LogP contribution < -0.4 is 10.2 Å². The molecule has 0 unspecified atom stereocenters. The van der Waals surface area contributed by atoms with E-state index in [0.717, 1.165) is 18.5 Å². The van der Waals surface area contributed by atoms with Crippen LogP contribution in [-0.4, -0.2) is 41.2 Å². The van der Waals surface area contributed by atoms with Gasteiger partial charge < -0.3 is 15.3 Å². The summed E-state index contributed by atoms with van der Waals surface area (Å²) in [5.74, 6) is 0.157. The molecule has 0 bridgehead atoms. The predicted molar refractivity (Wildman–Crippen MR) is 91.6 cm³/mol. The minimum atomic E-state index is -1.00.